The van der Waals surface area contributed by atoms with Gasteiger partial charge in [-0.3, -0.25) is 9.69 Å². The Labute approximate surface area is 182 Å². The van der Waals surface area contributed by atoms with Crippen molar-refractivity contribution in [3.8, 4) is 0 Å². The van der Waals surface area contributed by atoms with Crippen LogP contribution in [0.4, 0.5) is 0 Å². The molecule has 164 valence electrons. The van der Waals surface area contributed by atoms with E-state index in [1.54, 1.807) is 4.90 Å². The molecule has 2 atom stereocenters. The van der Waals surface area contributed by atoms with Gasteiger partial charge in [0, 0.05) is 0 Å². The third-order valence-electron chi connectivity index (χ3n) is 7.90. The van der Waals surface area contributed by atoms with Gasteiger partial charge in [-0.05, 0) is 43.6 Å². The zero-order valence-electron chi connectivity index (χ0n) is 18.7. The second kappa shape index (κ2) is 9.53. The molecular weight excluding hydrogens is 370 g/mol. The van der Waals surface area contributed by atoms with Gasteiger partial charge in [0.25, 0.3) is 5.91 Å². The lowest BCUT2D eigenvalue weighted by Crippen LogP contribution is -2.46. The van der Waals surface area contributed by atoms with Crippen molar-refractivity contribution >= 4 is 11.9 Å². The molecule has 1 amide bonds. The number of rotatable bonds is 7. The minimum absolute atomic E-state index is 0.0784. The van der Waals surface area contributed by atoms with Crippen LogP contribution < -0.4 is 5.73 Å². The summed E-state index contributed by atoms with van der Waals surface area (Å²) in [6.45, 7) is 2.08. The first-order valence-electron chi connectivity index (χ1n) is 12.3. The summed E-state index contributed by atoms with van der Waals surface area (Å²) in [7, 11) is 0. The largest absolute Gasteiger partial charge is 0.369 e. The minimum atomic E-state index is -0.632. The van der Waals surface area contributed by atoms with Crippen molar-refractivity contribution in [3.05, 3.63) is 35.9 Å². The molecule has 4 rings (SSSR count). The second-order valence-corrected chi connectivity index (χ2v) is 10.0. The van der Waals surface area contributed by atoms with Crippen molar-refractivity contribution in [2.24, 2.45) is 22.6 Å². The summed E-state index contributed by atoms with van der Waals surface area (Å²) in [6.07, 6.45) is 16.0. The highest BCUT2D eigenvalue weighted by atomic mass is 16.2. The number of benzene rings is 1. The third kappa shape index (κ3) is 4.58. The first-order valence-corrected chi connectivity index (χ1v) is 12.3. The lowest BCUT2D eigenvalue weighted by Gasteiger charge is -2.34. The number of guanidine groups is 1. The van der Waals surface area contributed by atoms with E-state index in [4.69, 9.17) is 10.7 Å². The summed E-state index contributed by atoms with van der Waals surface area (Å²) in [5.74, 6) is 1.94. The number of nitrogens with two attached hydrogens (primary N) is 1. The number of amides is 1. The molecule has 1 aromatic carbocycles. The Morgan fingerprint density at radius 2 is 1.60 bits per heavy atom. The number of carbonyl (C=O) groups excluding carboxylic acids is 1. The van der Waals surface area contributed by atoms with Gasteiger partial charge in [0.2, 0.25) is 0 Å². The van der Waals surface area contributed by atoms with E-state index in [2.05, 4.69) is 19.1 Å². The molecule has 1 aromatic rings. The van der Waals surface area contributed by atoms with Crippen molar-refractivity contribution in [2.75, 3.05) is 0 Å². The highest BCUT2D eigenvalue weighted by molar-refractivity contribution is 6.07. The molecule has 0 bridgehead atoms. The van der Waals surface area contributed by atoms with Crippen molar-refractivity contribution in [3.63, 3.8) is 0 Å². The molecule has 30 heavy (non-hydrogen) atoms. The Morgan fingerprint density at radius 1 is 1.00 bits per heavy atom. The predicted molar refractivity (Wildman–Crippen MR) is 123 cm³/mol. The van der Waals surface area contributed by atoms with Crippen LogP contribution in [0.1, 0.15) is 102 Å². The maximum absolute atomic E-state index is 13.9. The number of nitrogens with zero attached hydrogens (tertiary/aromatic N) is 2. The summed E-state index contributed by atoms with van der Waals surface area (Å²) in [6, 6.07) is 10.1. The number of aliphatic imine (C=N–C) groups is 1. The Bertz CT molecular complexity index is 734. The lowest BCUT2D eigenvalue weighted by atomic mass is 9.75. The number of hydrogen-bond donors (Lipinski definition) is 1. The zero-order chi connectivity index (χ0) is 21.0. The second-order valence-electron chi connectivity index (χ2n) is 10.0. The van der Waals surface area contributed by atoms with E-state index in [1.807, 2.05) is 18.2 Å². The first-order chi connectivity index (χ1) is 14.6. The molecule has 4 nitrogen and oxygen atoms in total. The molecule has 2 N–H and O–H groups in total. The van der Waals surface area contributed by atoms with E-state index in [9.17, 15) is 4.79 Å². The van der Waals surface area contributed by atoms with E-state index in [0.29, 0.717) is 11.9 Å². The van der Waals surface area contributed by atoms with Crippen molar-refractivity contribution in [1.29, 1.82) is 0 Å². The Balaban J connectivity index is 1.55. The van der Waals surface area contributed by atoms with Crippen LogP contribution in [0.15, 0.2) is 35.3 Å². The van der Waals surface area contributed by atoms with Gasteiger partial charge in [-0.1, -0.05) is 94.5 Å². The quantitative estimate of drug-likeness (QED) is 0.603. The fraction of sp³-hybridized carbons (Fsp3) is 0.692. The van der Waals surface area contributed by atoms with Gasteiger partial charge in [0.1, 0.15) is 5.54 Å². The normalized spacial score (nSPS) is 27.3. The predicted octanol–water partition coefficient (Wildman–Crippen LogP) is 5.97. The van der Waals surface area contributed by atoms with Gasteiger partial charge in [-0.15, -0.1) is 0 Å². The first kappa shape index (κ1) is 21.4. The molecule has 1 unspecified atom stereocenters. The molecule has 0 spiro atoms. The van der Waals surface area contributed by atoms with Crippen LogP contribution in [0.3, 0.4) is 0 Å². The molecule has 3 aliphatic rings. The van der Waals surface area contributed by atoms with Gasteiger partial charge >= 0.3 is 0 Å². The Kier molecular flexibility index (Phi) is 6.80. The van der Waals surface area contributed by atoms with Crippen molar-refractivity contribution in [1.82, 2.24) is 4.90 Å². The van der Waals surface area contributed by atoms with Crippen LogP contribution >= 0.6 is 0 Å². The summed E-state index contributed by atoms with van der Waals surface area (Å²) in [4.78, 5) is 20.7. The molecule has 2 aliphatic carbocycles. The zero-order valence-corrected chi connectivity index (χ0v) is 18.7. The van der Waals surface area contributed by atoms with Gasteiger partial charge in [-0.25, -0.2) is 4.99 Å². The Hall–Kier alpha value is -1.84. The van der Waals surface area contributed by atoms with Gasteiger partial charge in [0.15, 0.2) is 5.96 Å². The van der Waals surface area contributed by atoms with Crippen molar-refractivity contribution in [2.45, 2.75) is 102 Å². The third-order valence-corrected chi connectivity index (χ3v) is 7.90. The van der Waals surface area contributed by atoms with Crippen LogP contribution in [0, 0.1) is 11.8 Å². The van der Waals surface area contributed by atoms with Crippen LogP contribution in [0.25, 0.3) is 0 Å². The highest BCUT2D eigenvalue weighted by Crippen LogP contribution is 2.42. The lowest BCUT2D eigenvalue weighted by molar-refractivity contribution is -0.133. The molecule has 1 heterocycles. The smallest absolute Gasteiger partial charge is 0.257 e. The van der Waals surface area contributed by atoms with E-state index < -0.39 is 5.54 Å². The van der Waals surface area contributed by atoms with E-state index in [1.165, 1.54) is 64.2 Å². The minimum Gasteiger partial charge on any atom is -0.369 e. The van der Waals surface area contributed by atoms with Crippen LogP contribution in [-0.4, -0.2) is 22.3 Å². The van der Waals surface area contributed by atoms with Crippen molar-refractivity contribution < 1.29 is 4.79 Å². The summed E-state index contributed by atoms with van der Waals surface area (Å²) in [5, 5.41) is 0. The van der Waals surface area contributed by atoms with Crippen LogP contribution in [0.2, 0.25) is 0 Å². The summed E-state index contributed by atoms with van der Waals surface area (Å²) in [5.41, 5.74) is 6.94. The summed E-state index contributed by atoms with van der Waals surface area (Å²) >= 11 is 0. The summed E-state index contributed by atoms with van der Waals surface area (Å²) < 4.78 is 0. The van der Waals surface area contributed by atoms with Gasteiger partial charge in [-0.2, -0.15) is 0 Å². The fourth-order valence-electron chi connectivity index (χ4n) is 6.09. The van der Waals surface area contributed by atoms with Crippen LogP contribution in [0.5, 0.6) is 0 Å². The van der Waals surface area contributed by atoms with Gasteiger partial charge in [0.05, 0.1) is 6.04 Å². The van der Waals surface area contributed by atoms with E-state index >= 15 is 0 Å². The van der Waals surface area contributed by atoms with Crippen LogP contribution in [-0.2, 0) is 4.79 Å². The average Bonchev–Trinajstić information content (AvgIpc) is 3.03. The molecule has 1 aliphatic heterocycles. The molecule has 4 heteroatoms. The maximum atomic E-state index is 13.9. The average molecular weight is 410 g/mol. The highest BCUT2D eigenvalue weighted by Gasteiger charge is 2.50. The molecule has 0 saturated heterocycles. The standard InChI is InChI=1S/C26H39N3O/c1-20(23-15-9-4-10-16-23)29-24(30)26(28-25(29)27,19-22-13-7-3-8-14-22)18-17-21-11-5-2-6-12-21/h4,9-10,15-16,20-22H,2-3,5-8,11-14,17-19H2,1H3,(H2,27,28)/t20-,26?/m0/s1. The number of carbonyl (C=O) groups is 1. The number of hydrogen-bond acceptors (Lipinski definition) is 3. The molecule has 2 saturated carbocycles. The van der Waals surface area contributed by atoms with Gasteiger partial charge < -0.3 is 5.73 Å². The molecule has 0 radical (unpaired) electrons. The monoisotopic (exact) mass is 409 g/mol. The Morgan fingerprint density at radius 3 is 2.23 bits per heavy atom. The molecule has 2 fully saturated rings. The topological polar surface area (TPSA) is 58.7 Å². The fourth-order valence-corrected chi connectivity index (χ4v) is 6.09. The molecule has 0 aromatic heterocycles. The van der Waals surface area contributed by atoms with E-state index in [-0.39, 0.29) is 11.9 Å². The SMILES string of the molecule is C[C@@H](c1ccccc1)N1C(=O)C(CCC2CCCCC2)(CC2CCCCC2)N=C1N. The van der Waals surface area contributed by atoms with E-state index in [0.717, 1.165) is 30.7 Å². The maximum Gasteiger partial charge on any atom is 0.257 e. The molecular formula is C26H39N3O.